The van der Waals surface area contributed by atoms with Gasteiger partial charge in [0, 0.05) is 10.9 Å². The smallest absolute Gasteiger partial charge is 0.184 e. The van der Waals surface area contributed by atoms with Gasteiger partial charge >= 0.3 is 0 Å². The summed E-state index contributed by atoms with van der Waals surface area (Å²) >= 11 is 3.50. The molecule has 2 nitrogen and oxygen atoms in total. The zero-order valence-corrected chi connectivity index (χ0v) is 10.4. The monoisotopic (exact) mass is 270 g/mol. The van der Waals surface area contributed by atoms with Gasteiger partial charge in [-0.15, -0.1) is 0 Å². The lowest BCUT2D eigenvalue weighted by atomic mass is 10.0. The van der Waals surface area contributed by atoms with Crippen molar-refractivity contribution in [2.75, 3.05) is 13.2 Å². The molecule has 1 aliphatic heterocycles. The Morgan fingerprint density at radius 1 is 1.33 bits per heavy atom. The molecule has 1 heterocycles. The van der Waals surface area contributed by atoms with Gasteiger partial charge < -0.3 is 9.47 Å². The number of aryl methyl sites for hydroxylation is 1. The van der Waals surface area contributed by atoms with Crippen molar-refractivity contribution in [3.05, 3.63) is 34.9 Å². The molecule has 0 amide bonds. The van der Waals surface area contributed by atoms with Gasteiger partial charge in [0.1, 0.15) is 0 Å². The number of hydrogen-bond acceptors (Lipinski definition) is 2. The third-order valence-electron chi connectivity index (χ3n) is 2.62. The van der Waals surface area contributed by atoms with Gasteiger partial charge in [0.15, 0.2) is 6.29 Å². The molecule has 0 aliphatic carbocycles. The van der Waals surface area contributed by atoms with E-state index in [0.717, 1.165) is 25.0 Å². The number of benzene rings is 1. The first-order valence-electron chi connectivity index (χ1n) is 5.20. The molecule has 15 heavy (non-hydrogen) atoms. The quantitative estimate of drug-likeness (QED) is 0.768. The maximum Gasteiger partial charge on any atom is 0.184 e. The minimum atomic E-state index is -0.174. The van der Waals surface area contributed by atoms with E-state index in [1.807, 2.05) is 0 Å². The van der Waals surface area contributed by atoms with E-state index in [1.165, 1.54) is 16.7 Å². The topological polar surface area (TPSA) is 18.5 Å². The summed E-state index contributed by atoms with van der Waals surface area (Å²) in [6.45, 7) is 3.68. The van der Waals surface area contributed by atoms with Gasteiger partial charge in [-0.3, -0.25) is 0 Å². The number of ether oxygens (including phenoxy) is 2. The van der Waals surface area contributed by atoms with Crippen molar-refractivity contribution >= 4 is 15.9 Å². The Balaban J connectivity index is 2.31. The van der Waals surface area contributed by atoms with Gasteiger partial charge in [0.2, 0.25) is 0 Å². The number of halogens is 1. The summed E-state index contributed by atoms with van der Waals surface area (Å²) < 4.78 is 11.3. The van der Waals surface area contributed by atoms with E-state index in [2.05, 4.69) is 41.1 Å². The largest absolute Gasteiger partial charge is 0.348 e. The number of alkyl halides is 1. The van der Waals surface area contributed by atoms with Crippen LogP contribution in [0.4, 0.5) is 0 Å². The van der Waals surface area contributed by atoms with E-state index in [9.17, 15) is 0 Å². The third-order valence-corrected chi connectivity index (χ3v) is 3.23. The fraction of sp³-hybridized carbons (Fsp3) is 0.500. The van der Waals surface area contributed by atoms with Crippen molar-refractivity contribution in [2.24, 2.45) is 0 Å². The molecular weight excluding hydrogens is 256 g/mol. The average Bonchev–Trinajstić information content (AvgIpc) is 2.29. The Hall–Kier alpha value is -0.380. The summed E-state index contributed by atoms with van der Waals surface area (Å²) in [4.78, 5) is 0. The summed E-state index contributed by atoms with van der Waals surface area (Å²) in [5, 5.41) is 0.841. The van der Waals surface area contributed by atoms with Crippen molar-refractivity contribution in [3.63, 3.8) is 0 Å². The Labute approximate surface area is 98.7 Å². The molecule has 0 saturated carbocycles. The van der Waals surface area contributed by atoms with Crippen molar-refractivity contribution < 1.29 is 9.47 Å². The van der Waals surface area contributed by atoms with Crippen LogP contribution in [-0.4, -0.2) is 13.2 Å². The van der Waals surface area contributed by atoms with E-state index in [-0.39, 0.29) is 6.29 Å². The SMILES string of the molecule is Cc1cccc(CBr)c1C1OCCCO1. The van der Waals surface area contributed by atoms with Crippen LogP contribution in [0.3, 0.4) is 0 Å². The molecule has 1 aromatic carbocycles. The fourth-order valence-electron chi connectivity index (χ4n) is 1.85. The molecule has 0 radical (unpaired) electrons. The predicted molar refractivity (Wildman–Crippen MR) is 63.1 cm³/mol. The van der Waals surface area contributed by atoms with Crippen LogP contribution in [0.5, 0.6) is 0 Å². The highest BCUT2D eigenvalue weighted by Gasteiger charge is 2.20. The molecule has 0 atom stereocenters. The van der Waals surface area contributed by atoms with Crippen LogP contribution < -0.4 is 0 Å². The van der Waals surface area contributed by atoms with Gasteiger partial charge in [-0.05, 0) is 24.5 Å². The number of hydrogen-bond donors (Lipinski definition) is 0. The van der Waals surface area contributed by atoms with Crippen LogP contribution in [0.15, 0.2) is 18.2 Å². The van der Waals surface area contributed by atoms with Crippen molar-refractivity contribution in [1.29, 1.82) is 0 Å². The molecule has 1 aliphatic rings. The van der Waals surface area contributed by atoms with Crippen LogP contribution in [0.25, 0.3) is 0 Å². The second-order valence-electron chi connectivity index (χ2n) is 3.71. The van der Waals surface area contributed by atoms with Crippen molar-refractivity contribution in [3.8, 4) is 0 Å². The molecule has 82 valence electrons. The van der Waals surface area contributed by atoms with Gasteiger partial charge in [-0.1, -0.05) is 34.1 Å². The molecule has 0 spiro atoms. The van der Waals surface area contributed by atoms with Crippen LogP contribution in [0.1, 0.15) is 29.4 Å². The highest BCUT2D eigenvalue weighted by molar-refractivity contribution is 9.08. The zero-order valence-electron chi connectivity index (χ0n) is 8.83. The fourth-order valence-corrected chi connectivity index (χ4v) is 2.34. The van der Waals surface area contributed by atoms with Crippen LogP contribution in [0, 0.1) is 6.92 Å². The molecule has 1 saturated heterocycles. The molecule has 0 bridgehead atoms. The van der Waals surface area contributed by atoms with Gasteiger partial charge in [0.25, 0.3) is 0 Å². The first-order chi connectivity index (χ1) is 7.33. The summed E-state index contributed by atoms with van der Waals surface area (Å²) in [6, 6.07) is 6.28. The predicted octanol–water partition coefficient (Wildman–Crippen LogP) is 3.33. The molecule has 0 unspecified atom stereocenters. The molecule has 2 rings (SSSR count). The second-order valence-corrected chi connectivity index (χ2v) is 4.27. The van der Waals surface area contributed by atoms with Crippen LogP contribution in [-0.2, 0) is 14.8 Å². The van der Waals surface area contributed by atoms with E-state index in [1.54, 1.807) is 0 Å². The Bertz CT molecular complexity index is 332. The average molecular weight is 271 g/mol. The minimum Gasteiger partial charge on any atom is -0.348 e. The molecule has 1 aromatic rings. The molecule has 1 fully saturated rings. The Kier molecular flexibility index (Phi) is 3.78. The van der Waals surface area contributed by atoms with Crippen molar-refractivity contribution in [1.82, 2.24) is 0 Å². The summed E-state index contributed by atoms with van der Waals surface area (Å²) in [6.07, 6.45) is 0.818. The van der Waals surface area contributed by atoms with Gasteiger partial charge in [-0.25, -0.2) is 0 Å². The highest BCUT2D eigenvalue weighted by atomic mass is 79.9. The van der Waals surface area contributed by atoms with Crippen LogP contribution in [0.2, 0.25) is 0 Å². The van der Waals surface area contributed by atoms with Crippen molar-refractivity contribution in [2.45, 2.75) is 25.0 Å². The lowest BCUT2D eigenvalue weighted by molar-refractivity contribution is -0.183. The normalized spacial score (nSPS) is 18.0. The minimum absolute atomic E-state index is 0.174. The summed E-state index contributed by atoms with van der Waals surface area (Å²) in [5.74, 6) is 0. The summed E-state index contributed by atoms with van der Waals surface area (Å²) in [5.41, 5.74) is 3.68. The Morgan fingerprint density at radius 2 is 2.07 bits per heavy atom. The second kappa shape index (κ2) is 5.10. The maximum absolute atomic E-state index is 5.64. The van der Waals surface area contributed by atoms with Gasteiger partial charge in [-0.2, -0.15) is 0 Å². The maximum atomic E-state index is 5.64. The van der Waals surface area contributed by atoms with E-state index in [0.29, 0.717) is 0 Å². The Morgan fingerprint density at radius 3 is 2.73 bits per heavy atom. The van der Waals surface area contributed by atoms with E-state index >= 15 is 0 Å². The molecule has 0 aromatic heterocycles. The number of rotatable bonds is 2. The highest BCUT2D eigenvalue weighted by Crippen LogP contribution is 2.29. The lowest BCUT2D eigenvalue weighted by Crippen LogP contribution is -2.19. The van der Waals surface area contributed by atoms with Crippen LogP contribution >= 0.6 is 15.9 Å². The first-order valence-corrected chi connectivity index (χ1v) is 6.32. The molecular formula is C12H15BrO2. The third kappa shape index (κ3) is 2.41. The van der Waals surface area contributed by atoms with Gasteiger partial charge in [0.05, 0.1) is 13.2 Å². The van der Waals surface area contributed by atoms with E-state index in [4.69, 9.17) is 9.47 Å². The standard InChI is InChI=1S/C12H15BrO2/c1-9-4-2-5-10(8-13)11(9)12-14-6-3-7-15-12/h2,4-5,12H,3,6-8H2,1H3. The first kappa shape index (κ1) is 11.1. The molecule has 0 N–H and O–H groups in total. The lowest BCUT2D eigenvalue weighted by Gasteiger charge is -2.26. The van der Waals surface area contributed by atoms with E-state index < -0.39 is 0 Å². The molecule has 3 heteroatoms. The summed E-state index contributed by atoms with van der Waals surface area (Å²) in [7, 11) is 0. The zero-order chi connectivity index (χ0) is 10.7.